The molecule has 1 aliphatic rings. The van der Waals surface area contributed by atoms with Crippen LogP contribution in [-0.2, 0) is 12.8 Å². The van der Waals surface area contributed by atoms with Crippen LogP contribution in [0, 0.1) is 5.92 Å². The molecule has 19 heavy (non-hydrogen) atoms. The van der Waals surface area contributed by atoms with Gasteiger partial charge in [0.25, 0.3) is 0 Å². The number of hydrogen-bond donors (Lipinski definition) is 0. The first-order valence-corrected chi connectivity index (χ1v) is 7.61. The highest BCUT2D eigenvalue weighted by Crippen LogP contribution is 2.34. The molecule has 0 amide bonds. The van der Waals surface area contributed by atoms with Crippen LogP contribution in [0.5, 0.6) is 0 Å². The van der Waals surface area contributed by atoms with E-state index in [4.69, 9.17) is 4.98 Å². The summed E-state index contributed by atoms with van der Waals surface area (Å²) >= 11 is 0. The summed E-state index contributed by atoms with van der Waals surface area (Å²) in [6.07, 6.45) is 15.5. The second kappa shape index (κ2) is 6.70. The third kappa shape index (κ3) is 3.15. The number of nitrogens with zero attached hydrogens (tertiary/aromatic N) is 1. The molecular weight excluding hydrogens is 230 g/mol. The first-order chi connectivity index (χ1) is 9.30. The van der Waals surface area contributed by atoms with Crippen molar-refractivity contribution in [1.29, 1.82) is 0 Å². The monoisotopic (exact) mass is 255 g/mol. The summed E-state index contributed by atoms with van der Waals surface area (Å²) < 4.78 is 0. The van der Waals surface area contributed by atoms with Gasteiger partial charge < -0.3 is 0 Å². The molecule has 1 aromatic heterocycles. The van der Waals surface area contributed by atoms with Crippen LogP contribution in [0.1, 0.15) is 56.4 Å². The highest BCUT2D eigenvalue weighted by Gasteiger charge is 2.22. The molecule has 0 N–H and O–H groups in total. The van der Waals surface area contributed by atoms with E-state index in [0.717, 1.165) is 25.7 Å². The fourth-order valence-electron chi connectivity index (χ4n) is 2.98. The number of pyridine rings is 1. The van der Waals surface area contributed by atoms with Crippen molar-refractivity contribution in [2.75, 3.05) is 0 Å². The number of aromatic nitrogens is 1. The minimum absolute atomic E-state index is 0.557. The van der Waals surface area contributed by atoms with Crippen LogP contribution >= 0.6 is 0 Å². The van der Waals surface area contributed by atoms with E-state index in [1.807, 2.05) is 0 Å². The van der Waals surface area contributed by atoms with Crippen LogP contribution < -0.4 is 0 Å². The summed E-state index contributed by atoms with van der Waals surface area (Å²) in [5.41, 5.74) is 4.12. The van der Waals surface area contributed by atoms with Gasteiger partial charge in [0.05, 0.1) is 0 Å². The quantitative estimate of drug-likeness (QED) is 0.734. The van der Waals surface area contributed by atoms with E-state index in [-0.39, 0.29) is 0 Å². The van der Waals surface area contributed by atoms with Crippen molar-refractivity contribution in [3.8, 4) is 0 Å². The van der Waals surface area contributed by atoms with Crippen molar-refractivity contribution in [3.63, 3.8) is 0 Å². The maximum absolute atomic E-state index is 4.81. The van der Waals surface area contributed by atoms with Crippen molar-refractivity contribution in [3.05, 3.63) is 53.4 Å². The normalized spacial score (nSPS) is 19.6. The summed E-state index contributed by atoms with van der Waals surface area (Å²) in [6.45, 7) is 6.72. The molecule has 0 fully saturated rings. The Hall–Kier alpha value is -1.37. The first-order valence-electron chi connectivity index (χ1n) is 7.61. The molecular formula is C18H25N. The molecule has 0 spiro atoms. The lowest BCUT2D eigenvalue weighted by atomic mass is 9.81. The van der Waals surface area contributed by atoms with Crippen molar-refractivity contribution >= 4 is 0 Å². The standard InChI is InChI=1S/C18H25N/c1-4-14-12-15(5-2)18(19-13-14)17(6-3)16-10-8-7-9-11-16/h7-10,12-13,16-17H,4-6,11H2,1-3H3. The molecule has 0 aliphatic heterocycles. The molecule has 102 valence electrons. The number of allylic oxidation sites excluding steroid dienone is 4. The van der Waals surface area contributed by atoms with Gasteiger partial charge in [-0.05, 0) is 42.7 Å². The van der Waals surface area contributed by atoms with E-state index >= 15 is 0 Å². The molecule has 0 radical (unpaired) electrons. The van der Waals surface area contributed by atoms with Crippen molar-refractivity contribution < 1.29 is 0 Å². The lowest BCUT2D eigenvalue weighted by Crippen LogP contribution is -2.15. The number of hydrogen-bond acceptors (Lipinski definition) is 1. The fraction of sp³-hybridized carbons (Fsp3) is 0.500. The van der Waals surface area contributed by atoms with Crippen LogP contribution in [0.3, 0.4) is 0 Å². The zero-order valence-corrected chi connectivity index (χ0v) is 12.4. The smallest absolute Gasteiger partial charge is 0.0472 e. The van der Waals surface area contributed by atoms with E-state index < -0.39 is 0 Å². The van der Waals surface area contributed by atoms with Crippen LogP contribution in [0.2, 0.25) is 0 Å². The molecule has 0 bridgehead atoms. The Bertz CT molecular complexity index is 471. The Kier molecular flexibility index (Phi) is 4.95. The summed E-state index contributed by atoms with van der Waals surface area (Å²) in [5, 5.41) is 0. The van der Waals surface area contributed by atoms with Crippen LogP contribution in [-0.4, -0.2) is 4.98 Å². The topological polar surface area (TPSA) is 12.9 Å². The minimum atomic E-state index is 0.557. The molecule has 2 unspecified atom stereocenters. The van der Waals surface area contributed by atoms with Gasteiger partial charge in [-0.15, -0.1) is 0 Å². The lowest BCUT2D eigenvalue weighted by molar-refractivity contribution is 0.480. The first kappa shape index (κ1) is 14.0. The van der Waals surface area contributed by atoms with Crippen LogP contribution in [0.4, 0.5) is 0 Å². The second-order valence-corrected chi connectivity index (χ2v) is 5.32. The third-order valence-electron chi connectivity index (χ3n) is 4.17. The van der Waals surface area contributed by atoms with Crippen molar-refractivity contribution in [1.82, 2.24) is 4.98 Å². The number of aryl methyl sites for hydroxylation is 2. The highest BCUT2D eigenvalue weighted by molar-refractivity contribution is 5.30. The molecule has 0 aromatic carbocycles. The summed E-state index contributed by atoms with van der Waals surface area (Å²) in [6, 6.07) is 2.35. The summed E-state index contributed by atoms with van der Waals surface area (Å²) in [7, 11) is 0. The zero-order chi connectivity index (χ0) is 13.7. The largest absolute Gasteiger partial charge is 0.260 e. The SMILES string of the molecule is CCc1cnc(C(CC)C2C=CC=CC2)c(CC)c1. The lowest BCUT2D eigenvalue weighted by Gasteiger charge is -2.25. The van der Waals surface area contributed by atoms with Gasteiger partial charge >= 0.3 is 0 Å². The van der Waals surface area contributed by atoms with E-state index in [0.29, 0.717) is 11.8 Å². The zero-order valence-electron chi connectivity index (χ0n) is 12.4. The van der Waals surface area contributed by atoms with Crippen molar-refractivity contribution in [2.24, 2.45) is 5.92 Å². The maximum Gasteiger partial charge on any atom is 0.0472 e. The molecule has 0 saturated heterocycles. The predicted octanol–water partition coefficient (Wildman–Crippen LogP) is 4.83. The second-order valence-electron chi connectivity index (χ2n) is 5.32. The van der Waals surface area contributed by atoms with Gasteiger partial charge in [0.2, 0.25) is 0 Å². The van der Waals surface area contributed by atoms with E-state index in [1.54, 1.807) is 0 Å². The average molecular weight is 255 g/mol. The molecule has 2 rings (SSSR count). The minimum Gasteiger partial charge on any atom is -0.260 e. The van der Waals surface area contributed by atoms with E-state index in [9.17, 15) is 0 Å². The van der Waals surface area contributed by atoms with E-state index in [1.165, 1.54) is 16.8 Å². The Balaban J connectivity index is 2.32. The van der Waals surface area contributed by atoms with Gasteiger partial charge in [0.1, 0.15) is 0 Å². The van der Waals surface area contributed by atoms with E-state index in [2.05, 4.69) is 57.3 Å². The summed E-state index contributed by atoms with van der Waals surface area (Å²) in [5.74, 6) is 1.17. The maximum atomic E-state index is 4.81. The van der Waals surface area contributed by atoms with Crippen LogP contribution in [0.25, 0.3) is 0 Å². The van der Waals surface area contributed by atoms with Crippen LogP contribution in [0.15, 0.2) is 36.6 Å². The third-order valence-corrected chi connectivity index (χ3v) is 4.17. The Morgan fingerprint density at radius 3 is 2.63 bits per heavy atom. The predicted molar refractivity (Wildman–Crippen MR) is 82.4 cm³/mol. The Morgan fingerprint density at radius 2 is 2.05 bits per heavy atom. The molecule has 1 heterocycles. The Labute approximate surface area is 117 Å². The number of rotatable bonds is 5. The highest BCUT2D eigenvalue weighted by atomic mass is 14.7. The van der Waals surface area contributed by atoms with Gasteiger partial charge in [-0.3, -0.25) is 4.98 Å². The molecule has 1 heteroatoms. The molecule has 0 saturated carbocycles. The fourth-order valence-corrected chi connectivity index (χ4v) is 2.98. The average Bonchev–Trinajstić information content (AvgIpc) is 2.49. The van der Waals surface area contributed by atoms with Gasteiger partial charge in [-0.1, -0.05) is 51.1 Å². The summed E-state index contributed by atoms with van der Waals surface area (Å²) in [4.78, 5) is 4.81. The Morgan fingerprint density at radius 1 is 1.21 bits per heavy atom. The molecule has 2 atom stereocenters. The van der Waals surface area contributed by atoms with Gasteiger partial charge in [-0.2, -0.15) is 0 Å². The molecule has 1 nitrogen and oxygen atoms in total. The molecule has 1 aliphatic carbocycles. The van der Waals surface area contributed by atoms with Crippen molar-refractivity contribution in [2.45, 2.75) is 52.4 Å². The molecule has 1 aromatic rings. The van der Waals surface area contributed by atoms with Gasteiger partial charge in [0.15, 0.2) is 0 Å². The van der Waals surface area contributed by atoms with Gasteiger partial charge in [0, 0.05) is 17.8 Å². The van der Waals surface area contributed by atoms with Gasteiger partial charge in [-0.25, -0.2) is 0 Å².